The molecular weight excluding hydrogens is 239 g/mol. The Morgan fingerprint density at radius 1 is 1.44 bits per heavy atom. The molecule has 1 rings (SSSR count). The van der Waals surface area contributed by atoms with Crippen LogP contribution in [0.15, 0.2) is 24.3 Å². The van der Waals surface area contributed by atoms with Crippen LogP contribution in [0.5, 0.6) is 5.75 Å². The van der Waals surface area contributed by atoms with E-state index in [9.17, 15) is 14.0 Å². The molecule has 6 heteroatoms. The monoisotopic (exact) mass is 254 g/mol. The smallest absolute Gasteiger partial charge is 0.258 e. The molecule has 5 nitrogen and oxygen atoms in total. The Hall–Kier alpha value is -2.11. The van der Waals surface area contributed by atoms with Gasteiger partial charge in [0, 0.05) is 12.5 Å². The second-order valence-corrected chi connectivity index (χ2v) is 3.86. The highest BCUT2D eigenvalue weighted by molar-refractivity contribution is 5.79. The van der Waals surface area contributed by atoms with E-state index < -0.39 is 17.6 Å². The van der Waals surface area contributed by atoms with Gasteiger partial charge in [-0.1, -0.05) is 12.1 Å². The molecular formula is C12H15FN2O3. The average molecular weight is 254 g/mol. The molecule has 0 aliphatic rings. The summed E-state index contributed by atoms with van der Waals surface area (Å²) in [6, 6.07) is 5.42. The normalized spacial score (nSPS) is 11.7. The van der Waals surface area contributed by atoms with Crippen LogP contribution in [0.25, 0.3) is 0 Å². The number of hydrogen-bond acceptors (Lipinski definition) is 3. The van der Waals surface area contributed by atoms with E-state index in [1.807, 2.05) is 0 Å². The summed E-state index contributed by atoms with van der Waals surface area (Å²) < 4.78 is 18.2. The first kappa shape index (κ1) is 14.0. The zero-order valence-corrected chi connectivity index (χ0v) is 9.98. The van der Waals surface area contributed by atoms with Gasteiger partial charge >= 0.3 is 0 Å². The third-order valence-electron chi connectivity index (χ3n) is 2.11. The number of benzene rings is 1. The quantitative estimate of drug-likeness (QED) is 0.779. The van der Waals surface area contributed by atoms with E-state index in [-0.39, 0.29) is 24.8 Å². The summed E-state index contributed by atoms with van der Waals surface area (Å²) in [4.78, 5) is 22.0. The van der Waals surface area contributed by atoms with Crippen LogP contribution < -0.4 is 15.8 Å². The molecule has 0 aromatic heterocycles. The summed E-state index contributed by atoms with van der Waals surface area (Å²) in [7, 11) is 0. The van der Waals surface area contributed by atoms with Gasteiger partial charge in [0.25, 0.3) is 5.91 Å². The first-order valence-electron chi connectivity index (χ1n) is 5.44. The SMILES string of the molecule is CC(CC(N)=O)NC(=O)COc1ccccc1F. The van der Waals surface area contributed by atoms with Crippen molar-refractivity contribution in [2.24, 2.45) is 5.73 Å². The van der Waals surface area contributed by atoms with Crippen molar-refractivity contribution in [1.29, 1.82) is 0 Å². The van der Waals surface area contributed by atoms with Gasteiger partial charge in [0.1, 0.15) is 0 Å². The van der Waals surface area contributed by atoms with E-state index in [1.54, 1.807) is 13.0 Å². The van der Waals surface area contributed by atoms with Crippen molar-refractivity contribution in [1.82, 2.24) is 5.32 Å². The fourth-order valence-corrected chi connectivity index (χ4v) is 1.37. The van der Waals surface area contributed by atoms with Crippen molar-refractivity contribution in [3.05, 3.63) is 30.1 Å². The minimum Gasteiger partial charge on any atom is -0.481 e. The van der Waals surface area contributed by atoms with E-state index in [0.717, 1.165) is 0 Å². The number of rotatable bonds is 6. The number of nitrogens with one attached hydrogen (secondary N) is 1. The van der Waals surface area contributed by atoms with Crippen molar-refractivity contribution < 1.29 is 18.7 Å². The van der Waals surface area contributed by atoms with E-state index in [4.69, 9.17) is 10.5 Å². The second kappa shape index (κ2) is 6.58. The molecule has 0 aliphatic carbocycles. The first-order chi connectivity index (χ1) is 8.49. The summed E-state index contributed by atoms with van der Waals surface area (Å²) >= 11 is 0. The number of carbonyl (C=O) groups excluding carboxylic acids is 2. The summed E-state index contributed by atoms with van der Waals surface area (Å²) in [6.07, 6.45) is 0.0471. The Kier molecular flexibility index (Phi) is 5.10. The molecule has 0 bridgehead atoms. The zero-order valence-electron chi connectivity index (χ0n) is 9.98. The van der Waals surface area contributed by atoms with Crippen molar-refractivity contribution in [2.75, 3.05) is 6.61 Å². The Morgan fingerprint density at radius 3 is 2.72 bits per heavy atom. The van der Waals surface area contributed by atoms with Crippen LogP contribution in [0.2, 0.25) is 0 Å². The van der Waals surface area contributed by atoms with Crippen molar-refractivity contribution in [3.63, 3.8) is 0 Å². The molecule has 1 aromatic rings. The van der Waals surface area contributed by atoms with E-state index in [2.05, 4.69) is 5.32 Å². The van der Waals surface area contributed by atoms with Crippen LogP contribution in [0.3, 0.4) is 0 Å². The van der Waals surface area contributed by atoms with Gasteiger partial charge < -0.3 is 15.8 Å². The Bertz CT molecular complexity index is 437. The maximum absolute atomic E-state index is 13.2. The zero-order chi connectivity index (χ0) is 13.5. The van der Waals surface area contributed by atoms with Crippen LogP contribution in [0, 0.1) is 5.82 Å². The third kappa shape index (κ3) is 4.82. The average Bonchev–Trinajstić information content (AvgIpc) is 2.26. The number of hydrogen-bond donors (Lipinski definition) is 2. The molecule has 1 atom stereocenters. The highest BCUT2D eigenvalue weighted by Gasteiger charge is 2.11. The molecule has 0 radical (unpaired) electrons. The fraction of sp³-hybridized carbons (Fsp3) is 0.333. The first-order valence-corrected chi connectivity index (χ1v) is 5.44. The Labute approximate surface area is 104 Å². The van der Waals surface area contributed by atoms with Crippen molar-refractivity contribution >= 4 is 11.8 Å². The van der Waals surface area contributed by atoms with Crippen LogP contribution >= 0.6 is 0 Å². The summed E-state index contributed by atoms with van der Waals surface area (Å²) in [5.74, 6) is -1.46. The largest absolute Gasteiger partial charge is 0.481 e. The van der Waals surface area contributed by atoms with Crippen molar-refractivity contribution in [2.45, 2.75) is 19.4 Å². The van der Waals surface area contributed by atoms with Gasteiger partial charge in [-0.3, -0.25) is 9.59 Å². The molecule has 0 saturated carbocycles. The summed E-state index contributed by atoms with van der Waals surface area (Å²) in [6.45, 7) is 1.33. The minimum atomic E-state index is -0.532. The van der Waals surface area contributed by atoms with Gasteiger partial charge in [0.05, 0.1) is 0 Å². The highest BCUT2D eigenvalue weighted by atomic mass is 19.1. The van der Waals surface area contributed by atoms with Crippen LogP contribution in [0.4, 0.5) is 4.39 Å². The predicted octanol–water partition coefficient (Wildman–Crippen LogP) is 0.585. The molecule has 0 spiro atoms. The number of nitrogens with two attached hydrogens (primary N) is 1. The lowest BCUT2D eigenvalue weighted by Crippen LogP contribution is -2.38. The number of carbonyl (C=O) groups is 2. The molecule has 1 unspecified atom stereocenters. The lowest BCUT2D eigenvalue weighted by molar-refractivity contribution is -0.124. The van der Waals surface area contributed by atoms with Gasteiger partial charge in [-0.05, 0) is 19.1 Å². The third-order valence-corrected chi connectivity index (χ3v) is 2.11. The predicted molar refractivity (Wildman–Crippen MR) is 63.3 cm³/mol. The van der Waals surface area contributed by atoms with Gasteiger partial charge in [-0.25, -0.2) is 4.39 Å². The van der Waals surface area contributed by atoms with E-state index in [0.29, 0.717) is 0 Å². The topological polar surface area (TPSA) is 81.4 Å². The maximum Gasteiger partial charge on any atom is 0.258 e. The number of halogens is 1. The maximum atomic E-state index is 13.2. The number of ether oxygens (including phenoxy) is 1. The summed E-state index contributed by atoms with van der Waals surface area (Å²) in [5.41, 5.74) is 4.98. The van der Waals surface area contributed by atoms with Crippen molar-refractivity contribution in [3.8, 4) is 5.75 Å². The molecule has 18 heavy (non-hydrogen) atoms. The van der Waals surface area contributed by atoms with Crippen LogP contribution in [0.1, 0.15) is 13.3 Å². The molecule has 0 aliphatic heterocycles. The van der Waals surface area contributed by atoms with Crippen LogP contribution in [-0.4, -0.2) is 24.5 Å². The number of amides is 2. The van der Waals surface area contributed by atoms with Gasteiger partial charge in [0.15, 0.2) is 18.2 Å². The van der Waals surface area contributed by atoms with Crippen LogP contribution in [-0.2, 0) is 9.59 Å². The molecule has 98 valence electrons. The molecule has 0 fully saturated rings. The van der Waals surface area contributed by atoms with E-state index >= 15 is 0 Å². The highest BCUT2D eigenvalue weighted by Crippen LogP contribution is 2.14. The van der Waals surface area contributed by atoms with Gasteiger partial charge in [-0.15, -0.1) is 0 Å². The Morgan fingerprint density at radius 2 is 2.11 bits per heavy atom. The molecule has 1 aromatic carbocycles. The van der Waals surface area contributed by atoms with Gasteiger partial charge in [-0.2, -0.15) is 0 Å². The second-order valence-electron chi connectivity index (χ2n) is 3.86. The van der Waals surface area contributed by atoms with E-state index in [1.165, 1.54) is 18.2 Å². The summed E-state index contributed by atoms with van der Waals surface area (Å²) in [5, 5.41) is 2.51. The number of primary amides is 1. The lowest BCUT2D eigenvalue weighted by Gasteiger charge is -2.12. The standard InChI is InChI=1S/C12H15FN2O3/c1-8(6-11(14)16)15-12(17)7-18-10-5-3-2-4-9(10)13/h2-5,8H,6-7H2,1H3,(H2,14,16)(H,15,17). The fourth-order valence-electron chi connectivity index (χ4n) is 1.37. The Balaban J connectivity index is 2.38. The molecule has 0 saturated heterocycles. The van der Waals surface area contributed by atoms with Gasteiger partial charge in [0.2, 0.25) is 5.91 Å². The number of para-hydroxylation sites is 1. The minimum absolute atomic E-state index is 0.00945. The molecule has 0 heterocycles. The molecule has 3 N–H and O–H groups in total. The lowest BCUT2D eigenvalue weighted by atomic mass is 10.2. The molecule has 2 amide bonds.